The van der Waals surface area contributed by atoms with Crippen LogP contribution in [0.2, 0.25) is 5.15 Å². The second-order valence-corrected chi connectivity index (χ2v) is 4.92. The number of hydrogen-bond donors (Lipinski definition) is 1. The Hall–Kier alpha value is -1.61. The van der Waals surface area contributed by atoms with E-state index in [2.05, 4.69) is 46.5 Å². The average molecular weight is 276 g/mol. The van der Waals surface area contributed by atoms with E-state index in [0.717, 1.165) is 23.5 Å². The first-order valence-corrected chi connectivity index (χ1v) is 6.91. The van der Waals surface area contributed by atoms with Crippen LogP contribution >= 0.6 is 11.6 Å². The van der Waals surface area contributed by atoms with Gasteiger partial charge in [-0.05, 0) is 37.5 Å². The molecule has 0 atom stereocenters. The molecule has 0 saturated heterocycles. The molecule has 0 aliphatic rings. The predicted molar refractivity (Wildman–Crippen MR) is 80.1 cm³/mol. The van der Waals surface area contributed by atoms with Crippen molar-refractivity contribution in [3.8, 4) is 0 Å². The van der Waals surface area contributed by atoms with Crippen molar-refractivity contribution in [3.05, 3.63) is 46.9 Å². The van der Waals surface area contributed by atoms with Crippen LogP contribution in [0.3, 0.4) is 0 Å². The topological polar surface area (TPSA) is 37.8 Å². The van der Waals surface area contributed by atoms with Gasteiger partial charge in [-0.25, -0.2) is 9.97 Å². The molecule has 2 aromatic rings. The Morgan fingerprint density at radius 1 is 1.16 bits per heavy atom. The molecule has 1 aromatic heterocycles. The minimum atomic E-state index is 0.483. The fourth-order valence-electron chi connectivity index (χ4n) is 1.83. The Morgan fingerprint density at radius 2 is 1.89 bits per heavy atom. The molecule has 1 aromatic carbocycles. The maximum absolute atomic E-state index is 5.97. The molecule has 3 nitrogen and oxygen atoms in total. The maximum Gasteiger partial charge on any atom is 0.138 e. The normalized spacial score (nSPS) is 10.5. The van der Waals surface area contributed by atoms with Crippen molar-refractivity contribution >= 4 is 23.1 Å². The quantitative estimate of drug-likeness (QED) is 0.815. The molecule has 0 saturated carbocycles. The summed E-state index contributed by atoms with van der Waals surface area (Å²) in [5, 5.41) is 3.74. The highest BCUT2D eigenvalue weighted by molar-refractivity contribution is 6.30. The monoisotopic (exact) mass is 275 g/mol. The number of nitrogens with zero attached hydrogens (tertiary/aromatic N) is 2. The van der Waals surface area contributed by atoms with Crippen molar-refractivity contribution in [3.63, 3.8) is 0 Å². The molecule has 4 heteroatoms. The highest BCUT2D eigenvalue weighted by atomic mass is 35.5. The van der Waals surface area contributed by atoms with Gasteiger partial charge >= 0.3 is 0 Å². The maximum atomic E-state index is 5.97. The summed E-state index contributed by atoms with van der Waals surface area (Å²) in [6, 6.07) is 8.44. The smallest absolute Gasteiger partial charge is 0.138 e. The van der Waals surface area contributed by atoms with E-state index in [1.54, 1.807) is 0 Å². The van der Waals surface area contributed by atoms with Gasteiger partial charge in [0.2, 0.25) is 0 Å². The van der Waals surface area contributed by atoms with Gasteiger partial charge in [-0.2, -0.15) is 0 Å². The number of nitrogens with one attached hydrogen (secondary N) is 1. The highest BCUT2D eigenvalue weighted by Gasteiger charge is 2.05. The lowest BCUT2D eigenvalue weighted by Gasteiger charge is -2.09. The van der Waals surface area contributed by atoms with E-state index >= 15 is 0 Å². The van der Waals surface area contributed by atoms with E-state index in [9.17, 15) is 0 Å². The first kappa shape index (κ1) is 13.8. The lowest BCUT2D eigenvalue weighted by Crippen LogP contribution is -1.98. The van der Waals surface area contributed by atoms with Crippen LogP contribution in [-0.4, -0.2) is 9.97 Å². The van der Waals surface area contributed by atoms with Gasteiger partial charge in [-0.3, -0.25) is 0 Å². The summed E-state index contributed by atoms with van der Waals surface area (Å²) >= 11 is 5.97. The number of aryl methyl sites for hydroxylation is 1. The van der Waals surface area contributed by atoms with Crippen LogP contribution in [0.1, 0.15) is 30.9 Å². The van der Waals surface area contributed by atoms with Crippen LogP contribution in [0.25, 0.3) is 0 Å². The summed E-state index contributed by atoms with van der Waals surface area (Å²) < 4.78 is 0. The van der Waals surface area contributed by atoms with Crippen molar-refractivity contribution in [1.29, 1.82) is 0 Å². The van der Waals surface area contributed by atoms with Gasteiger partial charge in [0, 0.05) is 11.3 Å². The van der Waals surface area contributed by atoms with Crippen molar-refractivity contribution in [2.45, 2.75) is 33.1 Å². The predicted octanol–water partition coefficient (Wildman–Crippen LogP) is 4.52. The molecule has 2 rings (SSSR count). The molecule has 0 aliphatic heterocycles. The number of hydrogen-bond acceptors (Lipinski definition) is 3. The van der Waals surface area contributed by atoms with Crippen molar-refractivity contribution in [2.24, 2.45) is 0 Å². The van der Waals surface area contributed by atoms with Gasteiger partial charge < -0.3 is 5.32 Å². The van der Waals surface area contributed by atoms with Crippen molar-refractivity contribution in [1.82, 2.24) is 9.97 Å². The lowest BCUT2D eigenvalue weighted by atomic mass is 10.1. The zero-order chi connectivity index (χ0) is 13.7. The van der Waals surface area contributed by atoms with Crippen LogP contribution in [0.5, 0.6) is 0 Å². The summed E-state index contributed by atoms with van der Waals surface area (Å²) in [7, 11) is 0. The first-order valence-electron chi connectivity index (χ1n) is 6.53. The van der Waals surface area contributed by atoms with E-state index in [0.29, 0.717) is 5.15 Å². The molecule has 0 radical (unpaired) electrons. The van der Waals surface area contributed by atoms with E-state index in [-0.39, 0.29) is 0 Å². The van der Waals surface area contributed by atoms with Gasteiger partial charge in [0.1, 0.15) is 17.3 Å². The van der Waals surface area contributed by atoms with Crippen LogP contribution < -0.4 is 5.32 Å². The Kier molecular flexibility index (Phi) is 4.74. The second-order valence-electron chi connectivity index (χ2n) is 4.56. The molecule has 0 amide bonds. The summed E-state index contributed by atoms with van der Waals surface area (Å²) in [6.45, 7) is 4.11. The summed E-state index contributed by atoms with van der Waals surface area (Å²) in [5.74, 6) is 0.751. The molecule has 0 unspecified atom stereocenters. The molecule has 1 N–H and O–H groups in total. The molecule has 19 heavy (non-hydrogen) atoms. The largest absolute Gasteiger partial charge is 0.340 e. The fourth-order valence-corrected chi connectivity index (χ4v) is 1.96. The Balaban J connectivity index is 2.09. The first-order chi connectivity index (χ1) is 9.20. The van der Waals surface area contributed by atoms with E-state index < -0.39 is 0 Å². The van der Waals surface area contributed by atoms with Gasteiger partial charge in [0.15, 0.2) is 0 Å². The lowest BCUT2D eigenvalue weighted by molar-refractivity contribution is 0.795. The molecule has 1 heterocycles. The molecular formula is C15H18ClN3. The number of unbranched alkanes of at least 4 members (excludes halogenated alkanes) is 1. The molecule has 0 aliphatic carbocycles. The molecule has 100 valence electrons. The molecular weight excluding hydrogens is 258 g/mol. The number of halogens is 1. The third-order valence-electron chi connectivity index (χ3n) is 3.06. The number of anilines is 2. The van der Waals surface area contributed by atoms with Crippen LogP contribution in [-0.2, 0) is 6.42 Å². The van der Waals surface area contributed by atoms with Gasteiger partial charge in [0.25, 0.3) is 0 Å². The zero-order valence-corrected chi connectivity index (χ0v) is 12.0. The summed E-state index contributed by atoms with van der Waals surface area (Å²) in [6.07, 6.45) is 5.05. The van der Waals surface area contributed by atoms with E-state index in [1.807, 2.05) is 6.92 Å². The summed E-state index contributed by atoms with van der Waals surface area (Å²) in [5.41, 5.74) is 3.24. The fraction of sp³-hybridized carbons (Fsp3) is 0.333. The van der Waals surface area contributed by atoms with Gasteiger partial charge in [0.05, 0.1) is 0 Å². The Labute approximate surface area is 119 Å². The average Bonchev–Trinajstić information content (AvgIpc) is 2.43. The molecule has 0 bridgehead atoms. The molecule has 0 fully saturated rings. The standard InChI is InChI=1S/C15H18ClN3/c1-3-4-5-12-6-8-13(9-7-12)19-15-11(2)14(16)17-10-18-15/h6-10H,3-5H2,1-2H3,(H,17,18,19). The van der Waals surface area contributed by atoms with E-state index in [4.69, 9.17) is 11.6 Å². The van der Waals surface area contributed by atoms with Crippen molar-refractivity contribution in [2.75, 3.05) is 5.32 Å². The van der Waals surface area contributed by atoms with E-state index in [1.165, 1.54) is 24.7 Å². The summed E-state index contributed by atoms with van der Waals surface area (Å²) in [4.78, 5) is 8.14. The third-order valence-corrected chi connectivity index (χ3v) is 3.44. The minimum absolute atomic E-state index is 0.483. The highest BCUT2D eigenvalue weighted by Crippen LogP contribution is 2.22. The van der Waals surface area contributed by atoms with Gasteiger partial charge in [-0.15, -0.1) is 0 Å². The minimum Gasteiger partial charge on any atom is -0.340 e. The second kappa shape index (κ2) is 6.53. The van der Waals surface area contributed by atoms with Crippen LogP contribution in [0, 0.1) is 6.92 Å². The number of benzene rings is 1. The molecule has 0 spiro atoms. The number of rotatable bonds is 5. The Bertz CT molecular complexity index is 538. The van der Waals surface area contributed by atoms with Gasteiger partial charge in [-0.1, -0.05) is 37.1 Å². The van der Waals surface area contributed by atoms with Crippen LogP contribution in [0.4, 0.5) is 11.5 Å². The SMILES string of the molecule is CCCCc1ccc(Nc2ncnc(Cl)c2C)cc1. The Morgan fingerprint density at radius 3 is 2.58 bits per heavy atom. The zero-order valence-electron chi connectivity index (χ0n) is 11.3. The third kappa shape index (κ3) is 3.67. The van der Waals surface area contributed by atoms with Crippen LogP contribution in [0.15, 0.2) is 30.6 Å². The van der Waals surface area contributed by atoms with Crippen molar-refractivity contribution < 1.29 is 0 Å². The number of aromatic nitrogens is 2.